The van der Waals surface area contributed by atoms with Crippen LogP contribution in [0, 0.1) is 0 Å². The van der Waals surface area contributed by atoms with E-state index in [1.165, 1.54) is 88.3 Å². The van der Waals surface area contributed by atoms with E-state index < -0.39 is 0 Å². The van der Waals surface area contributed by atoms with Gasteiger partial charge in [-0.15, -0.1) is 0 Å². The molecule has 10 aromatic rings. The fourth-order valence-electron chi connectivity index (χ4n) is 8.25. The van der Waals surface area contributed by atoms with Crippen molar-refractivity contribution in [3.05, 3.63) is 212 Å². The minimum Gasteiger partial charge on any atom is -0.256 e. The summed E-state index contributed by atoms with van der Waals surface area (Å²) in [5, 5.41) is 6.12. The van der Waals surface area contributed by atoms with E-state index in [0.29, 0.717) is 0 Å². The van der Waals surface area contributed by atoms with Gasteiger partial charge in [0.15, 0.2) is 0 Å². The van der Waals surface area contributed by atoms with Crippen LogP contribution in [0.15, 0.2) is 212 Å². The summed E-state index contributed by atoms with van der Waals surface area (Å²) in [6.45, 7) is 0. The Bertz CT molecular complexity index is 2920. The fraction of sp³-hybridized carbons (Fsp3) is 0. The highest BCUT2D eigenvalue weighted by molar-refractivity contribution is 6.21. The summed E-state index contributed by atoms with van der Waals surface area (Å²) in [6.07, 6.45) is 1.92. The van der Waals surface area contributed by atoms with Crippen LogP contribution in [0.25, 0.3) is 99.2 Å². The Kier molecular flexibility index (Phi) is 7.89. The molecule has 0 aliphatic heterocycles. The number of aromatic nitrogens is 1. The lowest BCUT2D eigenvalue weighted by molar-refractivity contribution is 1.41. The number of para-hydroxylation sites is 1. The summed E-state index contributed by atoms with van der Waals surface area (Å²) >= 11 is 0. The fourth-order valence-corrected chi connectivity index (χ4v) is 8.25. The number of rotatable bonds is 6. The van der Waals surface area contributed by atoms with Crippen molar-refractivity contribution in [1.29, 1.82) is 0 Å². The molecule has 0 atom stereocenters. The average Bonchev–Trinajstić information content (AvgIpc) is 3.26. The highest BCUT2D eigenvalue weighted by Crippen LogP contribution is 2.45. The molecule has 0 unspecified atom stereocenters. The number of pyridine rings is 1. The van der Waals surface area contributed by atoms with E-state index in [2.05, 4.69) is 211 Å². The number of nitrogens with zero attached hydrogens (tertiary/aromatic N) is 1. The minimum absolute atomic E-state index is 1.01. The first kappa shape index (κ1) is 31.6. The lowest BCUT2D eigenvalue weighted by atomic mass is 9.84. The van der Waals surface area contributed by atoms with Gasteiger partial charge >= 0.3 is 0 Å². The van der Waals surface area contributed by atoms with Gasteiger partial charge in [0, 0.05) is 11.6 Å². The van der Waals surface area contributed by atoms with E-state index in [1.54, 1.807) is 0 Å². The predicted octanol–water partition coefficient (Wildman–Crippen LogP) is 14.5. The van der Waals surface area contributed by atoms with E-state index in [4.69, 9.17) is 0 Å². The van der Waals surface area contributed by atoms with Gasteiger partial charge in [-0.25, -0.2) is 0 Å². The molecular formula is C53H35N. The van der Waals surface area contributed by atoms with Gasteiger partial charge in [0.25, 0.3) is 0 Å². The second kappa shape index (κ2) is 13.5. The third-order valence-electron chi connectivity index (χ3n) is 10.7. The van der Waals surface area contributed by atoms with E-state index in [9.17, 15) is 0 Å². The van der Waals surface area contributed by atoms with Gasteiger partial charge < -0.3 is 0 Å². The first-order chi connectivity index (χ1) is 26.8. The third kappa shape index (κ3) is 5.55. The van der Waals surface area contributed by atoms with Crippen molar-refractivity contribution in [2.24, 2.45) is 0 Å². The zero-order valence-electron chi connectivity index (χ0n) is 29.7. The molecule has 10 rings (SSSR count). The summed E-state index contributed by atoms with van der Waals surface area (Å²) in [5.74, 6) is 0. The molecule has 0 N–H and O–H groups in total. The van der Waals surface area contributed by atoms with Gasteiger partial charge in [0.2, 0.25) is 0 Å². The molecule has 0 aliphatic carbocycles. The van der Waals surface area contributed by atoms with Crippen LogP contribution in [-0.2, 0) is 0 Å². The van der Waals surface area contributed by atoms with Gasteiger partial charge in [-0.3, -0.25) is 4.98 Å². The van der Waals surface area contributed by atoms with Gasteiger partial charge in [-0.05, 0) is 119 Å². The molecule has 1 nitrogen and oxygen atoms in total. The zero-order valence-corrected chi connectivity index (χ0v) is 29.7. The first-order valence-electron chi connectivity index (χ1n) is 18.5. The monoisotopic (exact) mass is 685 g/mol. The standard InChI is InChI=1S/C53H35N/c1-3-15-36(16-4-1)38-29-30-43(50(35-38)37-17-5-2-6-18-37)39-19-13-21-41(33-39)52-46-24-7-9-26-48(46)53(49-27-10-8-25-47(49)52)42-22-14-20-40(34-42)44-31-32-54-51-28-12-11-23-45(44)51/h1-35H. The Morgan fingerprint density at radius 2 is 0.704 bits per heavy atom. The Hall–Kier alpha value is -7.09. The molecule has 0 fully saturated rings. The second-order valence-corrected chi connectivity index (χ2v) is 13.9. The van der Waals surface area contributed by atoms with Gasteiger partial charge in [0.1, 0.15) is 0 Å². The van der Waals surface area contributed by atoms with Crippen molar-refractivity contribution in [3.63, 3.8) is 0 Å². The van der Waals surface area contributed by atoms with Gasteiger partial charge in [0.05, 0.1) is 5.52 Å². The number of hydrogen-bond donors (Lipinski definition) is 0. The molecule has 0 saturated carbocycles. The molecule has 9 aromatic carbocycles. The normalized spacial score (nSPS) is 11.3. The molecule has 0 bridgehead atoms. The summed E-state index contributed by atoms with van der Waals surface area (Å²) in [4.78, 5) is 4.63. The smallest absolute Gasteiger partial charge is 0.0708 e. The van der Waals surface area contributed by atoms with Crippen molar-refractivity contribution >= 4 is 32.4 Å². The van der Waals surface area contributed by atoms with Crippen LogP contribution in [0.4, 0.5) is 0 Å². The summed E-state index contributed by atoms with van der Waals surface area (Å²) in [6, 6.07) is 74.8. The Morgan fingerprint density at radius 1 is 0.241 bits per heavy atom. The van der Waals surface area contributed by atoms with Crippen LogP contribution in [0.3, 0.4) is 0 Å². The first-order valence-corrected chi connectivity index (χ1v) is 18.5. The molecule has 1 heteroatoms. The van der Waals surface area contributed by atoms with Crippen LogP contribution in [0.1, 0.15) is 0 Å². The third-order valence-corrected chi connectivity index (χ3v) is 10.7. The van der Waals surface area contributed by atoms with Crippen LogP contribution >= 0.6 is 0 Å². The summed E-state index contributed by atoms with van der Waals surface area (Å²) < 4.78 is 0. The SMILES string of the molecule is c1ccc(-c2ccc(-c3cccc(-c4c5ccccc5c(-c5cccc(-c6ccnc7ccccc67)c5)c5ccccc45)c3)c(-c3ccccc3)c2)cc1. The predicted molar refractivity (Wildman–Crippen MR) is 229 cm³/mol. The molecule has 252 valence electrons. The van der Waals surface area contributed by atoms with Crippen molar-refractivity contribution in [3.8, 4) is 66.8 Å². The number of benzene rings is 9. The van der Waals surface area contributed by atoms with Crippen molar-refractivity contribution in [2.75, 3.05) is 0 Å². The van der Waals surface area contributed by atoms with Gasteiger partial charge in [-0.2, -0.15) is 0 Å². The molecule has 1 aromatic heterocycles. The molecule has 0 aliphatic rings. The molecule has 0 spiro atoms. The Morgan fingerprint density at radius 3 is 1.30 bits per heavy atom. The van der Waals surface area contributed by atoms with Crippen molar-refractivity contribution < 1.29 is 0 Å². The van der Waals surface area contributed by atoms with E-state index >= 15 is 0 Å². The Labute approximate surface area is 315 Å². The highest BCUT2D eigenvalue weighted by Gasteiger charge is 2.18. The molecule has 0 radical (unpaired) electrons. The lowest BCUT2D eigenvalue weighted by Gasteiger charge is -2.19. The quantitative estimate of drug-likeness (QED) is 0.159. The van der Waals surface area contributed by atoms with Gasteiger partial charge in [-0.1, -0.05) is 176 Å². The lowest BCUT2D eigenvalue weighted by Crippen LogP contribution is -1.92. The molecule has 54 heavy (non-hydrogen) atoms. The Balaban J connectivity index is 1.16. The molecule has 0 saturated heterocycles. The maximum absolute atomic E-state index is 4.63. The zero-order chi connectivity index (χ0) is 35.8. The van der Waals surface area contributed by atoms with Crippen LogP contribution < -0.4 is 0 Å². The number of fused-ring (bicyclic) bond motifs is 3. The highest BCUT2D eigenvalue weighted by atomic mass is 14.6. The van der Waals surface area contributed by atoms with Crippen LogP contribution in [0.2, 0.25) is 0 Å². The van der Waals surface area contributed by atoms with Crippen molar-refractivity contribution in [2.45, 2.75) is 0 Å². The maximum Gasteiger partial charge on any atom is 0.0708 e. The van der Waals surface area contributed by atoms with E-state index in [0.717, 1.165) is 10.9 Å². The number of hydrogen-bond acceptors (Lipinski definition) is 1. The van der Waals surface area contributed by atoms with E-state index in [1.807, 2.05) is 6.20 Å². The minimum atomic E-state index is 1.01. The van der Waals surface area contributed by atoms with Crippen LogP contribution in [-0.4, -0.2) is 4.98 Å². The summed E-state index contributed by atoms with van der Waals surface area (Å²) in [7, 11) is 0. The second-order valence-electron chi connectivity index (χ2n) is 13.9. The topological polar surface area (TPSA) is 12.9 Å². The summed E-state index contributed by atoms with van der Waals surface area (Å²) in [5.41, 5.74) is 15.6. The van der Waals surface area contributed by atoms with Crippen molar-refractivity contribution in [1.82, 2.24) is 4.98 Å². The molecule has 0 amide bonds. The largest absolute Gasteiger partial charge is 0.256 e. The van der Waals surface area contributed by atoms with Crippen LogP contribution in [0.5, 0.6) is 0 Å². The molecular weight excluding hydrogens is 651 g/mol. The molecule has 1 heterocycles. The maximum atomic E-state index is 4.63. The van der Waals surface area contributed by atoms with E-state index in [-0.39, 0.29) is 0 Å². The average molecular weight is 686 g/mol.